The topological polar surface area (TPSA) is 41.5 Å². The number of aryl methyl sites for hydroxylation is 1. The summed E-state index contributed by atoms with van der Waals surface area (Å²) in [5.41, 5.74) is 1.08. The van der Waals surface area contributed by atoms with Gasteiger partial charge in [-0.3, -0.25) is 0 Å². The predicted octanol–water partition coefficient (Wildman–Crippen LogP) is 2.39. The molecule has 2 N–H and O–H groups in total. The molecule has 0 spiro atoms. The van der Waals surface area contributed by atoms with Crippen LogP contribution < -0.4 is 10.1 Å². The van der Waals surface area contributed by atoms with Gasteiger partial charge in [-0.25, -0.2) is 0 Å². The number of benzene rings is 1. The average Bonchev–Trinajstić information content (AvgIpc) is 2.27. The summed E-state index contributed by atoms with van der Waals surface area (Å²) in [6, 6.07) is 5.94. The minimum Gasteiger partial charge on any atom is -0.489 e. The number of hydrogen-bond donors (Lipinski definition) is 2. The van der Waals surface area contributed by atoms with Gasteiger partial charge < -0.3 is 15.2 Å². The van der Waals surface area contributed by atoms with Crippen LogP contribution in [0.25, 0.3) is 0 Å². The van der Waals surface area contributed by atoms with Crippen LogP contribution >= 0.6 is 11.6 Å². The Bertz CT molecular complexity index is 355. The molecule has 0 aliphatic heterocycles. The van der Waals surface area contributed by atoms with Crippen LogP contribution in [0.2, 0.25) is 5.02 Å². The van der Waals surface area contributed by atoms with Crippen LogP contribution in [0.5, 0.6) is 5.75 Å². The molecular weight excluding hydrogens is 238 g/mol. The van der Waals surface area contributed by atoms with E-state index in [2.05, 4.69) is 5.32 Å². The lowest BCUT2D eigenvalue weighted by Gasteiger charge is -2.15. The van der Waals surface area contributed by atoms with E-state index in [0.29, 0.717) is 23.4 Å². The van der Waals surface area contributed by atoms with E-state index in [9.17, 15) is 5.11 Å². The molecule has 1 aromatic carbocycles. The summed E-state index contributed by atoms with van der Waals surface area (Å²) in [6.45, 7) is 6.79. The van der Waals surface area contributed by atoms with Crippen molar-refractivity contribution in [3.8, 4) is 5.75 Å². The zero-order chi connectivity index (χ0) is 12.8. The van der Waals surface area contributed by atoms with E-state index in [1.54, 1.807) is 6.07 Å². The molecule has 0 amide bonds. The van der Waals surface area contributed by atoms with Gasteiger partial charge in [0.1, 0.15) is 18.5 Å². The van der Waals surface area contributed by atoms with Gasteiger partial charge in [0.05, 0.1) is 5.02 Å². The molecule has 1 unspecified atom stereocenters. The van der Waals surface area contributed by atoms with E-state index < -0.39 is 6.10 Å². The largest absolute Gasteiger partial charge is 0.489 e. The quantitative estimate of drug-likeness (QED) is 0.822. The third-order valence-corrected chi connectivity index (χ3v) is 2.59. The summed E-state index contributed by atoms with van der Waals surface area (Å²) < 4.78 is 5.49. The summed E-state index contributed by atoms with van der Waals surface area (Å²) in [5.74, 6) is 0.621. The van der Waals surface area contributed by atoms with Gasteiger partial charge in [0.2, 0.25) is 0 Å². The number of aliphatic hydroxyl groups excluding tert-OH is 1. The molecule has 0 aromatic heterocycles. The van der Waals surface area contributed by atoms with Crippen molar-refractivity contribution in [3.05, 3.63) is 28.8 Å². The van der Waals surface area contributed by atoms with E-state index in [4.69, 9.17) is 16.3 Å². The van der Waals surface area contributed by atoms with Crippen molar-refractivity contribution >= 4 is 11.6 Å². The lowest BCUT2D eigenvalue weighted by molar-refractivity contribution is 0.104. The molecule has 0 aliphatic carbocycles. The van der Waals surface area contributed by atoms with Crippen LogP contribution in [-0.4, -0.2) is 30.4 Å². The first-order valence-electron chi connectivity index (χ1n) is 5.79. The van der Waals surface area contributed by atoms with Crippen molar-refractivity contribution in [1.29, 1.82) is 0 Å². The second kappa shape index (κ2) is 6.84. The first-order valence-corrected chi connectivity index (χ1v) is 6.17. The lowest BCUT2D eigenvalue weighted by atomic mass is 10.2. The van der Waals surface area contributed by atoms with E-state index in [1.807, 2.05) is 32.9 Å². The van der Waals surface area contributed by atoms with Crippen molar-refractivity contribution in [2.45, 2.75) is 32.9 Å². The highest BCUT2D eigenvalue weighted by Crippen LogP contribution is 2.25. The third-order valence-electron chi connectivity index (χ3n) is 2.28. The lowest BCUT2D eigenvalue weighted by Crippen LogP contribution is -2.35. The molecule has 1 atom stereocenters. The molecule has 0 radical (unpaired) electrons. The Morgan fingerprint density at radius 3 is 2.76 bits per heavy atom. The minimum absolute atomic E-state index is 0.239. The number of aliphatic hydroxyl groups is 1. The zero-order valence-corrected chi connectivity index (χ0v) is 11.3. The van der Waals surface area contributed by atoms with E-state index in [0.717, 1.165) is 5.56 Å². The van der Waals surface area contributed by atoms with Gasteiger partial charge in [0, 0.05) is 12.6 Å². The van der Waals surface area contributed by atoms with Crippen LogP contribution in [0.1, 0.15) is 19.4 Å². The molecule has 17 heavy (non-hydrogen) atoms. The van der Waals surface area contributed by atoms with Crippen molar-refractivity contribution in [2.75, 3.05) is 13.2 Å². The normalized spacial score (nSPS) is 12.8. The Balaban J connectivity index is 2.41. The summed E-state index contributed by atoms with van der Waals surface area (Å²) in [5, 5.41) is 13.4. The fourth-order valence-corrected chi connectivity index (χ4v) is 1.51. The molecule has 0 saturated heterocycles. The Hall–Kier alpha value is -0.770. The molecule has 4 heteroatoms. The molecule has 0 heterocycles. The molecule has 0 bridgehead atoms. The first-order chi connectivity index (χ1) is 7.99. The van der Waals surface area contributed by atoms with Crippen molar-refractivity contribution < 1.29 is 9.84 Å². The van der Waals surface area contributed by atoms with E-state index in [-0.39, 0.29) is 6.61 Å². The maximum absolute atomic E-state index is 9.69. The van der Waals surface area contributed by atoms with Crippen molar-refractivity contribution in [1.82, 2.24) is 5.32 Å². The number of halogens is 1. The molecule has 96 valence electrons. The Morgan fingerprint density at radius 2 is 2.12 bits per heavy atom. The van der Waals surface area contributed by atoms with Gasteiger partial charge in [-0.05, 0) is 24.6 Å². The first kappa shape index (κ1) is 14.3. The number of ether oxygens (including phenoxy) is 1. The monoisotopic (exact) mass is 257 g/mol. The van der Waals surface area contributed by atoms with E-state index in [1.165, 1.54) is 0 Å². The minimum atomic E-state index is -0.533. The smallest absolute Gasteiger partial charge is 0.138 e. The Morgan fingerprint density at radius 1 is 1.41 bits per heavy atom. The Labute approximate surface area is 108 Å². The van der Waals surface area contributed by atoms with Gasteiger partial charge in [0.25, 0.3) is 0 Å². The molecule has 3 nitrogen and oxygen atoms in total. The predicted molar refractivity (Wildman–Crippen MR) is 70.8 cm³/mol. The summed E-state index contributed by atoms with van der Waals surface area (Å²) in [7, 11) is 0. The molecule has 1 aromatic rings. The summed E-state index contributed by atoms with van der Waals surface area (Å²) >= 11 is 5.98. The van der Waals surface area contributed by atoms with Crippen LogP contribution in [0.4, 0.5) is 0 Å². The van der Waals surface area contributed by atoms with Crippen molar-refractivity contribution in [2.24, 2.45) is 0 Å². The molecule has 1 rings (SSSR count). The second-order valence-electron chi connectivity index (χ2n) is 4.46. The standard InChI is InChI=1S/C13H20ClNO2/c1-9(2)15-7-11(16)8-17-13-6-10(3)4-5-12(13)14/h4-6,9,11,15-16H,7-8H2,1-3H3. The van der Waals surface area contributed by atoms with Gasteiger partial charge in [-0.15, -0.1) is 0 Å². The molecule has 0 aliphatic rings. The van der Waals surface area contributed by atoms with Gasteiger partial charge in [-0.2, -0.15) is 0 Å². The fraction of sp³-hybridized carbons (Fsp3) is 0.538. The van der Waals surface area contributed by atoms with Gasteiger partial charge in [0.15, 0.2) is 0 Å². The molecule has 0 fully saturated rings. The SMILES string of the molecule is Cc1ccc(Cl)c(OCC(O)CNC(C)C)c1. The summed E-state index contributed by atoms with van der Waals surface area (Å²) in [6.07, 6.45) is -0.533. The number of rotatable bonds is 6. The van der Waals surface area contributed by atoms with Crippen LogP contribution in [0.15, 0.2) is 18.2 Å². The highest BCUT2D eigenvalue weighted by atomic mass is 35.5. The van der Waals surface area contributed by atoms with Gasteiger partial charge in [-0.1, -0.05) is 31.5 Å². The zero-order valence-electron chi connectivity index (χ0n) is 10.5. The van der Waals surface area contributed by atoms with E-state index >= 15 is 0 Å². The van der Waals surface area contributed by atoms with Crippen LogP contribution in [0, 0.1) is 6.92 Å². The summed E-state index contributed by atoms with van der Waals surface area (Å²) in [4.78, 5) is 0. The van der Waals surface area contributed by atoms with Crippen LogP contribution in [0.3, 0.4) is 0 Å². The number of hydrogen-bond acceptors (Lipinski definition) is 3. The highest BCUT2D eigenvalue weighted by molar-refractivity contribution is 6.32. The third kappa shape index (κ3) is 5.39. The number of nitrogens with one attached hydrogen (secondary N) is 1. The van der Waals surface area contributed by atoms with Gasteiger partial charge >= 0.3 is 0 Å². The van der Waals surface area contributed by atoms with Crippen molar-refractivity contribution in [3.63, 3.8) is 0 Å². The van der Waals surface area contributed by atoms with Crippen LogP contribution in [-0.2, 0) is 0 Å². The highest BCUT2D eigenvalue weighted by Gasteiger charge is 2.08. The maximum atomic E-state index is 9.69. The maximum Gasteiger partial charge on any atom is 0.138 e. The Kier molecular flexibility index (Phi) is 5.75. The fourth-order valence-electron chi connectivity index (χ4n) is 1.34. The second-order valence-corrected chi connectivity index (χ2v) is 4.87. The average molecular weight is 258 g/mol. The molecular formula is C13H20ClNO2. The molecule has 0 saturated carbocycles.